The molecule has 0 bridgehead atoms. The van der Waals surface area contributed by atoms with E-state index in [-0.39, 0.29) is 43.3 Å². The Morgan fingerprint density at radius 1 is 0.727 bits per heavy atom. The normalized spacial score (nSPS) is 24.2. The lowest BCUT2D eigenvalue weighted by Crippen LogP contribution is -2.55. The van der Waals surface area contributed by atoms with Gasteiger partial charge in [-0.2, -0.15) is 0 Å². The zero-order valence-corrected chi connectivity index (χ0v) is 37.6. The van der Waals surface area contributed by atoms with Crippen molar-refractivity contribution in [3.63, 3.8) is 0 Å². The molecule has 344 valence electrons. The number of anilines is 5. The number of carbonyl (C=O) groups is 4. The second-order valence-electron chi connectivity index (χ2n) is 18.9. The second-order valence-corrected chi connectivity index (χ2v) is 18.9. The van der Waals surface area contributed by atoms with Gasteiger partial charge in [0.1, 0.15) is 11.1 Å². The van der Waals surface area contributed by atoms with Gasteiger partial charge in [0, 0.05) is 47.2 Å². The van der Waals surface area contributed by atoms with Crippen LogP contribution < -0.4 is 35.1 Å². The van der Waals surface area contributed by atoms with Crippen LogP contribution in [0.2, 0.25) is 0 Å². The zero-order chi connectivity index (χ0) is 45.6. The Morgan fingerprint density at radius 3 is 1.86 bits per heavy atom. The molecular formula is C52H60N8O6. The Balaban J connectivity index is 0.979. The molecule has 0 radical (unpaired) electrons. The minimum atomic E-state index is -2.04. The number of para-hydroxylation sites is 2. The highest BCUT2D eigenvalue weighted by molar-refractivity contribution is 6.10. The van der Waals surface area contributed by atoms with E-state index in [2.05, 4.69) is 32.6 Å². The highest BCUT2D eigenvalue weighted by Crippen LogP contribution is 2.49. The van der Waals surface area contributed by atoms with Crippen LogP contribution in [0.4, 0.5) is 28.4 Å². The van der Waals surface area contributed by atoms with Gasteiger partial charge in [-0.15, -0.1) is 0 Å². The van der Waals surface area contributed by atoms with Crippen LogP contribution in [0.5, 0.6) is 0 Å². The second kappa shape index (κ2) is 17.6. The van der Waals surface area contributed by atoms with Crippen LogP contribution in [0.1, 0.15) is 63.0 Å². The number of fused-ring (bicyclic) bond motifs is 1. The number of carbonyl (C=O) groups excluding carboxylic acids is 4. The Morgan fingerprint density at radius 2 is 1.29 bits per heavy atom. The molecule has 66 heavy (non-hydrogen) atoms. The first kappa shape index (κ1) is 43.8. The smallest absolute Gasteiger partial charge is 0.264 e. The third-order valence-corrected chi connectivity index (χ3v) is 15.3. The van der Waals surface area contributed by atoms with E-state index in [1.165, 1.54) is 0 Å². The molecule has 0 aromatic heterocycles. The fraction of sp³-hybridized carbons (Fsp3) is 0.423. The number of aliphatic hydroxyl groups excluding tert-OH is 1. The summed E-state index contributed by atoms with van der Waals surface area (Å²) in [5.74, 6) is -1.36. The van der Waals surface area contributed by atoms with Crippen molar-refractivity contribution in [1.29, 1.82) is 0 Å². The molecule has 6 heterocycles. The third kappa shape index (κ3) is 7.25. The number of aliphatic hydroxyl groups is 2. The van der Waals surface area contributed by atoms with Crippen molar-refractivity contribution >= 4 is 52.1 Å². The number of hydrogen-bond donors (Lipinski definition) is 4. The summed E-state index contributed by atoms with van der Waals surface area (Å²) in [6.07, 6.45) is 7.75. The summed E-state index contributed by atoms with van der Waals surface area (Å²) < 4.78 is 0. The van der Waals surface area contributed by atoms with Gasteiger partial charge < -0.3 is 40.4 Å². The molecule has 3 atom stereocenters. The fourth-order valence-electron chi connectivity index (χ4n) is 11.6. The molecule has 4 N–H and O–H groups in total. The number of nitrogens with zero attached hydrogens (tertiary/aromatic N) is 6. The van der Waals surface area contributed by atoms with E-state index in [1.54, 1.807) is 39.8 Å². The average Bonchev–Trinajstić information content (AvgIpc) is 4.08. The first-order valence-electron chi connectivity index (χ1n) is 23.6. The molecule has 10 rings (SSSR count). The van der Waals surface area contributed by atoms with Crippen molar-refractivity contribution in [2.24, 2.45) is 5.92 Å². The Hall–Kier alpha value is -6.06. The number of nitrogens with one attached hydrogen (secondary N) is 2. The van der Waals surface area contributed by atoms with E-state index in [4.69, 9.17) is 0 Å². The van der Waals surface area contributed by atoms with Crippen LogP contribution in [0.15, 0.2) is 115 Å². The number of likely N-dealkylation sites (tertiary alicyclic amines) is 1. The Kier molecular flexibility index (Phi) is 11.7. The van der Waals surface area contributed by atoms with Crippen LogP contribution in [-0.4, -0.2) is 109 Å². The number of amides is 4. The first-order chi connectivity index (χ1) is 32.1. The minimum Gasteiger partial charge on any atom is -0.394 e. The summed E-state index contributed by atoms with van der Waals surface area (Å²) in [6, 6.07) is 33.1. The predicted octanol–water partition coefficient (Wildman–Crippen LogP) is 4.85. The molecule has 4 aromatic carbocycles. The average molecular weight is 893 g/mol. The lowest BCUT2D eigenvalue weighted by atomic mass is 9.82. The van der Waals surface area contributed by atoms with Crippen molar-refractivity contribution in [3.8, 4) is 0 Å². The maximum Gasteiger partial charge on any atom is 0.264 e. The molecule has 5 saturated heterocycles. The SMILES string of the molecule is C[C@@H](/C=C/CC(=O)N1CCC[C@H]1CO)[C@]1(O)C(=O)N(Cc2cccc(N3CN(c4ccccc4)C4(CCNCC4)C3=O)c2)c2ccc(N3CN(c4ccccc4)C4(CCNCC4)C3=O)cc21. The molecule has 4 amide bonds. The van der Waals surface area contributed by atoms with Crippen LogP contribution in [0.25, 0.3) is 0 Å². The summed E-state index contributed by atoms with van der Waals surface area (Å²) in [4.78, 5) is 69.1. The number of benzene rings is 4. The quantitative estimate of drug-likeness (QED) is 0.154. The molecule has 0 aliphatic carbocycles. The Labute approximate surface area is 386 Å². The molecule has 6 aliphatic heterocycles. The van der Waals surface area contributed by atoms with Gasteiger partial charge in [0.15, 0.2) is 5.60 Å². The molecule has 14 nitrogen and oxygen atoms in total. The molecule has 0 unspecified atom stereocenters. The Bertz CT molecular complexity index is 2510. The molecule has 0 saturated carbocycles. The molecule has 4 aromatic rings. The summed E-state index contributed by atoms with van der Waals surface area (Å²) >= 11 is 0. The van der Waals surface area contributed by atoms with Gasteiger partial charge in [0.2, 0.25) is 5.91 Å². The van der Waals surface area contributed by atoms with E-state index < -0.39 is 28.5 Å². The van der Waals surface area contributed by atoms with Crippen LogP contribution in [0, 0.1) is 5.92 Å². The highest BCUT2D eigenvalue weighted by atomic mass is 16.3. The van der Waals surface area contributed by atoms with E-state index >= 15 is 4.79 Å². The summed E-state index contributed by atoms with van der Waals surface area (Å²) in [5.41, 5.74) is 1.51. The summed E-state index contributed by atoms with van der Waals surface area (Å²) in [6.45, 7) is 6.00. The fourth-order valence-corrected chi connectivity index (χ4v) is 11.6. The standard InChI is InChI=1S/C52H60N8O6/c1-37(11-8-19-46(62)55-30-10-18-43(55)34-61)52(66)44-32-42(58-36-60(40-15-6-3-7-16-40)51(48(58)64)24-28-54-29-25-51)20-21-45(44)56(49(52)65)33-38-12-9-17-41(31-38)57-35-59(39-13-4-2-5-14-39)50(47(57)63)22-26-53-27-23-50/h2-9,11-17,20-21,31-32,37,43,53-54,61,66H,10,18-19,22-30,33-36H2,1H3/b11-8+/t37-,43-,52+/m0/s1. The lowest BCUT2D eigenvalue weighted by Gasteiger charge is -2.39. The molecule has 14 heteroatoms. The lowest BCUT2D eigenvalue weighted by molar-refractivity contribution is -0.139. The first-order valence-corrected chi connectivity index (χ1v) is 23.6. The predicted molar refractivity (Wildman–Crippen MR) is 255 cm³/mol. The van der Waals surface area contributed by atoms with Crippen molar-refractivity contribution < 1.29 is 29.4 Å². The molecule has 5 fully saturated rings. The highest BCUT2D eigenvalue weighted by Gasteiger charge is 2.56. The van der Waals surface area contributed by atoms with Gasteiger partial charge in [0.25, 0.3) is 17.7 Å². The van der Waals surface area contributed by atoms with Crippen molar-refractivity contribution in [2.75, 3.05) is 77.2 Å². The van der Waals surface area contributed by atoms with Crippen LogP contribution in [-0.2, 0) is 31.3 Å². The molecule has 6 aliphatic rings. The van der Waals surface area contributed by atoms with Crippen molar-refractivity contribution in [1.82, 2.24) is 15.5 Å². The van der Waals surface area contributed by atoms with E-state index in [9.17, 15) is 24.6 Å². The molecule has 2 spiro atoms. The van der Waals surface area contributed by atoms with Gasteiger partial charge in [-0.05, 0) is 125 Å². The van der Waals surface area contributed by atoms with E-state index in [1.807, 2.05) is 89.8 Å². The molecular weight excluding hydrogens is 833 g/mol. The van der Waals surface area contributed by atoms with Crippen molar-refractivity contribution in [2.45, 2.75) is 81.1 Å². The number of rotatable bonds is 11. The largest absolute Gasteiger partial charge is 0.394 e. The summed E-state index contributed by atoms with van der Waals surface area (Å²) in [7, 11) is 0. The zero-order valence-electron chi connectivity index (χ0n) is 37.6. The maximum atomic E-state index is 15.1. The third-order valence-electron chi connectivity index (χ3n) is 15.3. The monoisotopic (exact) mass is 892 g/mol. The van der Waals surface area contributed by atoms with E-state index in [0.29, 0.717) is 75.6 Å². The van der Waals surface area contributed by atoms with Gasteiger partial charge >= 0.3 is 0 Å². The van der Waals surface area contributed by atoms with Gasteiger partial charge in [0.05, 0.1) is 38.2 Å². The maximum absolute atomic E-state index is 15.1. The van der Waals surface area contributed by atoms with Crippen LogP contribution >= 0.6 is 0 Å². The topological polar surface area (TPSA) is 152 Å². The van der Waals surface area contributed by atoms with Gasteiger partial charge in [-0.25, -0.2) is 0 Å². The number of hydrogen-bond acceptors (Lipinski definition) is 10. The van der Waals surface area contributed by atoms with Gasteiger partial charge in [-0.1, -0.05) is 67.6 Å². The van der Waals surface area contributed by atoms with Gasteiger partial charge in [-0.3, -0.25) is 29.0 Å². The number of piperidine rings is 2. The van der Waals surface area contributed by atoms with E-state index in [0.717, 1.165) is 48.6 Å². The minimum absolute atomic E-state index is 0.0163. The van der Waals surface area contributed by atoms with Crippen LogP contribution in [0.3, 0.4) is 0 Å². The summed E-state index contributed by atoms with van der Waals surface area (Å²) in [5, 5.41) is 29.7. The van der Waals surface area contributed by atoms with Crippen molar-refractivity contribution in [3.05, 3.63) is 126 Å².